The quantitative estimate of drug-likeness (QED) is 0.509. The number of hydrogen-bond donors (Lipinski definition) is 0. The van der Waals surface area contributed by atoms with Crippen molar-refractivity contribution in [1.82, 2.24) is 0 Å². The molecule has 1 aliphatic rings. The van der Waals surface area contributed by atoms with E-state index >= 15 is 0 Å². The fourth-order valence-electron chi connectivity index (χ4n) is 1.95. The lowest BCUT2D eigenvalue weighted by molar-refractivity contribution is -0.334. The summed E-state index contributed by atoms with van der Waals surface area (Å²) < 4.78 is 0. The maximum atomic E-state index is 10.5. The van der Waals surface area contributed by atoms with Crippen molar-refractivity contribution in [1.29, 1.82) is 0 Å². The number of aliphatic carboxylic acids is 2. The first kappa shape index (κ1) is 10.0. The van der Waals surface area contributed by atoms with Crippen LogP contribution in [0.5, 0.6) is 0 Å². The number of carboxylic acids is 2. The smallest absolute Gasteiger partial charge is 0.0504 e. The Balaban J connectivity index is 2.62. The molecule has 0 aromatic heterocycles. The van der Waals surface area contributed by atoms with Gasteiger partial charge in [0.15, 0.2) is 0 Å². The molecule has 0 aromatic rings. The molecule has 0 spiro atoms. The van der Waals surface area contributed by atoms with Crippen molar-refractivity contribution in [2.45, 2.75) is 32.1 Å². The molecule has 74 valence electrons. The molecule has 4 nitrogen and oxygen atoms in total. The first-order valence-corrected chi connectivity index (χ1v) is 4.54. The molecule has 1 fully saturated rings. The van der Waals surface area contributed by atoms with Crippen LogP contribution < -0.4 is 10.2 Å². The molecule has 0 N–H and O–H groups in total. The van der Waals surface area contributed by atoms with Gasteiger partial charge in [0.25, 0.3) is 0 Å². The summed E-state index contributed by atoms with van der Waals surface area (Å²) in [6.45, 7) is 0. The van der Waals surface area contributed by atoms with Gasteiger partial charge >= 0.3 is 0 Å². The minimum atomic E-state index is -1.51. The molecule has 0 saturated heterocycles. The highest BCUT2D eigenvalue weighted by Gasteiger charge is 2.25. The second kappa shape index (κ2) is 4.25. The molecule has 1 saturated carbocycles. The second-order valence-electron chi connectivity index (χ2n) is 3.51. The van der Waals surface area contributed by atoms with Crippen molar-refractivity contribution >= 4 is 11.9 Å². The van der Waals surface area contributed by atoms with Crippen LogP contribution in [0.3, 0.4) is 0 Å². The summed E-state index contributed by atoms with van der Waals surface area (Å²) in [5.74, 6) is -4.72. The average molecular weight is 184 g/mol. The number of hydrogen-bond acceptors (Lipinski definition) is 4. The summed E-state index contributed by atoms with van der Waals surface area (Å²) in [6, 6.07) is 0. The highest BCUT2D eigenvalue weighted by atomic mass is 16.4. The van der Waals surface area contributed by atoms with E-state index in [2.05, 4.69) is 0 Å². The fourth-order valence-corrected chi connectivity index (χ4v) is 1.95. The van der Waals surface area contributed by atoms with Crippen molar-refractivity contribution in [2.75, 3.05) is 0 Å². The Hall–Kier alpha value is -1.06. The molecule has 0 amide bonds. The predicted molar refractivity (Wildman–Crippen MR) is 40.1 cm³/mol. The zero-order valence-corrected chi connectivity index (χ0v) is 7.32. The molecular formula is C9H12O4-2. The lowest BCUT2D eigenvalue weighted by atomic mass is 9.80. The Labute approximate surface area is 76.6 Å². The largest absolute Gasteiger partial charge is 0.549 e. The average Bonchev–Trinajstić information content (AvgIpc) is 2.04. The van der Waals surface area contributed by atoms with Gasteiger partial charge in [-0.15, -0.1) is 0 Å². The maximum Gasteiger partial charge on any atom is 0.0504 e. The predicted octanol–water partition coefficient (Wildman–Crippen LogP) is -1.32. The Morgan fingerprint density at radius 3 is 1.85 bits per heavy atom. The van der Waals surface area contributed by atoms with Gasteiger partial charge in [0.2, 0.25) is 0 Å². The first-order chi connectivity index (χ1) is 6.13. The zero-order chi connectivity index (χ0) is 9.84. The van der Waals surface area contributed by atoms with Gasteiger partial charge in [-0.25, -0.2) is 0 Å². The normalized spacial score (nSPS) is 18.8. The number of carboxylic acid groups (broad SMARTS) is 2. The zero-order valence-electron chi connectivity index (χ0n) is 7.32. The monoisotopic (exact) mass is 184 g/mol. The lowest BCUT2D eigenvalue weighted by Crippen LogP contribution is -2.47. The van der Waals surface area contributed by atoms with E-state index in [1.54, 1.807) is 0 Å². The van der Waals surface area contributed by atoms with Gasteiger partial charge in [0, 0.05) is 5.92 Å². The minimum absolute atomic E-state index is 0.288. The number of carbonyl (C=O) groups excluding carboxylic acids is 2. The molecule has 13 heavy (non-hydrogen) atoms. The van der Waals surface area contributed by atoms with Crippen LogP contribution in [0.25, 0.3) is 0 Å². The van der Waals surface area contributed by atoms with Crippen LogP contribution in [0, 0.1) is 11.8 Å². The molecule has 1 aliphatic carbocycles. The summed E-state index contributed by atoms with van der Waals surface area (Å²) in [5.41, 5.74) is 0. The van der Waals surface area contributed by atoms with Gasteiger partial charge in [-0.3, -0.25) is 0 Å². The standard InChI is InChI=1S/C9H14O4/c10-8(11)7(9(12)13)6-4-2-1-3-5-6/h6-7H,1-5H2,(H,10,11)(H,12,13)/p-2. The molecule has 0 radical (unpaired) electrons. The number of rotatable bonds is 3. The third-order valence-corrected chi connectivity index (χ3v) is 2.63. The molecule has 0 atom stereocenters. The summed E-state index contributed by atoms with van der Waals surface area (Å²) >= 11 is 0. The van der Waals surface area contributed by atoms with Crippen LogP contribution in [0.1, 0.15) is 32.1 Å². The highest BCUT2D eigenvalue weighted by Crippen LogP contribution is 2.29. The Bertz CT molecular complexity index is 192. The topological polar surface area (TPSA) is 80.3 Å². The van der Waals surface area contributed by atoms with E-state index in [-0.39, 0.29) is 5.92 Å². The van der Waals surface area contributed by atoms with Crippen LogP contribution in [0.4, 0.5) is 0 Å². The Morgan fingerprint density at radius 1 is 1.00 bits per heavy atom. The van der Waals surface area contributed by atoms with Crippen molar-refractivity contribution in [3.05, 3.63) is 0 Å². The summed E-state index contributed by atoms with van der Waals surface area (Å²) in [6.07, 6.45) is 4.19. The molecule has 1 rings (SSSR count). The molecule has 0 heterocycles. The summed E-state index contributed by atoms with van der Waals surface area (Å²) in [7, 11) is 0. The van der Waals surface area contributed by atoms with Gasteiger partial charge in [0.1, 0.15) is 0 Å². The van der Waals surface area contributed by atoms with E-state index in [0.717, 1.165) is 19.3 Å². The van der Waals surface area contributed by atoms with E-state index in [4.69, 9.17) is 0 Å². The van der Waals surface area contributed by atoms with E-state index in [0.29, 0.717) is 12.8 Å². The summed E-state index contributed by atoms with van der Waals surface area (Å²) in [4.78, 5) is 21.0. The van der Waals surface area contributed by atoms with Crippen molar-refractivity contribution in [3.8, 4) is 0 Å². The molecule has 0 aliphatic heterocycles. The lowest BCUT2D eigenvalue weighted by Gasteiger charge is -2.31. The summed E-state index contributed by atoms with van der Waals surface area (Å²) in [5, 5.41) is 21.0. The molecule has 0 unspecified atom stereocenters. The van der Waals surface area contributed by atoms with E-state index in [9.17, 15) is 19.8 Å². The molecule has 0 bridgehead atoms. The van der Waals surface area contributed by atoms with Gasteiger partial charge in [-0.1, -0.05) is 19.3 Å². The molecule has 0 aromatic carbocycles. The van der Waals surface area contributed by atoms with Crippen LogP contribution in [0.15, 0.2) is 0 Å². The van der Waals surface area contributed by atoms with E-state index < -0.39 is 17.9 Å². The van der Waals surface area contributed by atoms with Gasteiger partial charge in [-0.2, -0.15) is 0 Å². The van der Waals surface area contributed by atoms with E-state index in [1.807, 2.05) is 0 Å². The van der Waals surface area contributed by atoms with E-state index in [1.165, 1.54) is 0 Å². The van der Waals surface area contributed by atoms with Crippen LogP contribution in [-0.2, 0) is 9.59 Å². The van der Waals surface area contributed by atoms with Crippen molar-refractivity contribution < 1.29 is 19.8 Å². The first-order valence-electron chi connectivity index (χ1n) is 4.54. The molecule has 4 heteroatoms. The van der Waals surface area contributed by atoms with Gasteiger partial charge in [-0.05, 0) is 18.8 Å². The second-order valence-corrected chi connectivity index (χ2v) is 3.51. The van der Waals surface area contributed by atoms with Crippen LogP contribution in [0.2, 0.25) is 0 Å². The van der Waals surface area contributed by atoms with Crippen LogP contribution in [-0.4, -0.2) is 11.9 Å². The highest BCUT2D eigenvalue weighted by molar-refractivity contribution is 5.91. The Morgan fingerprint density at radius 2 is 1.46 bits per heavy atom. The third kappa shape index (κ3) is 2.44. The van der Waals surface area contributed by atoms with Gasteiger partial charge < -0.3 is 19.8 Å². The SMILES string of the molecule is O=C([O-])C(C(=O)[O-])C1CCCCC1. The number of carbonyl (C=O) groups is 2. The minimum Gasteiger partial charge on any atom is -0.549 e. The van der Waals surface area contributed by atoms with Gasteiger partial charge in [0.05, 0.1) is 11.9 Å². The fraction of sp³-hybridized carbons (Fsp3) is 0.778. The third-order valence-electron chi connectivity index (χ3n) is 2.63. The maximum absolute atomic E-state index is 10.5. The molecular weight excluding hydrogens is 172 g/mol. The van der Waals surface area contributed by atoms with Crippen molar-refractivity contribution in [3.63, 3.8) is 0 Å². The van der Waals surface area contributed by atoms with Crippen molar-refractivity contribution in [2.24, 2.45) is 11.8 Å². The van der Waals surface area contributed by atoms with Crippen LogP contribution >= 0.6 is 0 Å². The Kier molecular flexibility index (Phi) is 3.28.